The second kappa shape index (κ2) is 8.04. The van der Waals surface area contributed by atoms with E-state index in [4.69, 9.17) is 10.1 Å². The van der Waals surface area contributed by atoms with Crippen molar-refractivity contribution in [1.29, 1.82) is 5.41 Å². The van der Waals surface area contributed by atoms with E-state index in [-0.39, 0.29) is 30.2 Å². The van der Waals surface area contributed by atoms with E-state index >= 15 is 0 Å². The molecule has 2 atom stereocenters. The highest BCUT2D eigenvalue weighted by Crippen LogP contribution is 2.60. The molecule has 4 aliphatic carbocycles. The third kappa shape index (κ3) is 4.02. The number of nitrogens with one attached hydrogen (secondary N) is 1. The number of carbonyl (C=O) groups excluding carboxylic acids is 3. The molecule has 0 aromatic carbocycles. The third-order valence-corrected chi connectivity index (χ3v) is 7.67. The van der Waals surface area contributed by atoms with E-state index in [2.05, 4.69) is 0 Å². The largest absolute Gasteiger partial charge is 0.508 e. The lowest BCUT2D eigenvalue weighted by Gasteiger charge is -2.56. The SMILES string of the molecule is CC(=N)/C(C(C)=O)=C(/O)COC(=O)[C@@H]1CC(O)CN1C(=O)C12CC3CC(CC(C3)C1)C2. The van der Waals surface area contributed by atoms with E-state index < -0.39 is 41.7 Å². The van der Waals surface area contributed by atoms with Crippen molar-refractivity contribution in [1.82, 2.24) is 4.90 Å². The van der Waals surface area contributed by atoms with E-state index in [0.717, 1.165) is 19.3 Å². The van der Waals surface area contributed by atoms with Gasteiger partial charge in [0.1, 0.15) is 18.4 Å². The topological polar surface area (TPSA) is 128 Å². The van der Waals surface area contributed by atoms with Crippen LogP contribution in [0.15, 0.2) is 11.3 Å². The molecule has 1 heterocycles. The molecule has 8 heteroatoms. The van der Waals surface area contributed by atoms with Crippen molar-refractivity contribution in [2.24, 2.45) is 23.2 Å². The third-order valence-electron chi connectivity index (χ3n) is 7.67. The molecule has 8 nitrogen and oxygen atoms in total. The summed E-state index contributed by atoms with van der Waals surface area (Å²) in [5.74, 6) is 0.0527. The number of allylic oxidation sites excluding steroid dienone is 1. The Morgan fingerprint density at radius 3 is 2.06 bits per heavy atom. The highest BCUT2D eigenvalue weighted by Gasteiger charge is 2.57. The predicted molar refractivity (Wildman–Crippen MR) is 111 cm³/mol. The number of amides is 1. The number of hydrogen-bond acceptors (Lipinski definition) is 7. The maximum atomic E-state index is 13.7. The summed E-state index contributed by atoms with van der Waals surface area (Å²) in [4.78, 5) is 39.6. The van der Waals surface area contributed by atoms with Crippen molar-refractivity contribution in [3.63, 3.8) is 0 Å². The molecule has 0 aromatic heterocycles. The van der Waals surface area contributed by atoms with Crippen molar-refractivity contribution in [2.75, 3.05) is 13.2 Å². The second-order valence-electron chi connectivity index (χ2n) is 10.2. The van der Waals surface area contributed by atoms with Crippen LogP contribution in [0.3, 0.4) is 0 Å². The van der Waals surface area contributed by atoms with Crippen LogP contribution in [0.1, 0.15) is 58.8 Å². The molecule has 0 radical (unpaired) electrons. The van der Waals surface area contributed by atoms with Gasteiger partial charge in [-0.1, -0.05) is 0 Å². The molecule has 0 aromatic rings. The molecule has 0 spiro atoms. The van der Waals surface area contributed by atoms with Gasteiger partial charge in [0, 0.05) is 18.7 Å². The number of carbonyl (C=O) groups is 3. The van der Waals surface area contributed by atoms with Gasteiger partial charge >= 0.3 is 5.97 Å². The summed E-state index contributed by atoms with van der Waals surface area (Å²) in [5, 5.41) is 28.0. The van der Waals surface area contributed by atoms with Crippen LogP contribution in [0, 0.1) is 28.6 Å². The minimum absolute atomic E-state index is 0.0374. The van der Waals surface area contributed by atoms with Crippen molar-refractivity contribution in [3.8, 4) is 0 Å². The Balaban J connectivity index is 1.47. The summed E-state index contributed by atoms with van der Waals surface area (Å²) in [6.07, 6.45) is 5.54. The number of rotatable bonds is 6. The van der Waals surface area contributed by atoms with Gasteiger partial charge < -0.3 is 25.3 Å². The first kappa shape index (κ1) is 22.0. The summed E-state index contributed by atoms with van der Waals surface area (Å²) < 4.78 is 5.22. The van der Waals surface area contributed by atoms with Crippen LogP contribution in [-0.2, 0) is 19.1 Å². The van der Waals surface area contributed by atoms with Crippen molar-refractivity contribution >= 4 is 23.4 Å². The average Bonchev–Trinajstić information content (AvgIpc) is 3.05. The Kier molecular flexibility index (Phi) is 5.70. The Bertz CT molecular complexity index is 796. The lowest BCUT2D eigenvalue weighted by molar-refractivity contribution is -0.165. The first-order valence-electron chi connectivity index (χ1n) is 11.2. The minimum atomic E-state index is -0.898. The Labute approximate surface area is 182 Å². The van der Waals surface area contributed by atoms with Crippen LogP contribution in [-0.4, -0.2) is 63.8 Å². The van der Waals surface area contributed by atoms with Gasteiger partial charge in [-0.2, -0.15) is 0 Å². The first-order chi connectivity index (χ1) is 14.6. The summed E-state index contributed by atoms with van der Waals surface area (Å²) in [7, 11) is 0. The molecule has 4 saturated carbocycles. The van der Waals surface area contributed by atoms with Crippen LogP contribution < -0.4 is 0 Å². The second-order valence-corrected chi connectivity index (χ2v) is 10.2. The van der Waals surface area contributed by atoms with E-state index in [1.165, 1.54) is 38.0 Å². The van der Waals surface area contributed by atoms with Gasteiger partial charge in [0.05, 0.1) is 17.1 Å². The predicted octanol–water partition coefficient (Wildman–Crippen LogP) is 2.15. The molecule has 5 rings (SSSR count). The first-order valence-corrected chi connectivity index (χ1v) is 11.2. The molecule has 1 aliphatic heterocycles. The van der Waals surface area contributed by atoms with Gasteiger partial charge in [-0.05, 0) is 70.1 Å². The van der Waals surface area contributed by atoms with Gasteiger partial charge in [0.2, 0.25) is 5.91 Å². The van der Waals surface area contributed by atoms with Crippen molar-refractivity contribution in [3.05, 3.63) is 11.3 Å². The molecular formula is C23H32N2O6. The maximum absolute atomic E-state index is 13.7. The highest BCUT2D eigenvalue weighted by molar-refractivity contribution is 6.19. The zero-order valence-corrected chi connectivity index (χ0v) is 18.2. The number of aliphatic hydroxyl groups is 2. The molecule has 5 aliphatic rings. The number of hydrogen-bond donors (Lipinski definition) is 3. The monoisotopic (exact) mass is 432 g/mol. The Hall–Kier alpha value is -2.22. The van der Waals surface area contributed by atoms with Crippen LogP contribution in [0.2, 0.25) is 0 Å². The fourth-order valence-electron chi connectivity index (χ4n) is 6.93. The molecule has 31 heavy (non-hydrogen) atoms. The number of aliphatic hydroxyl groups excluding tert-OH is 2. The fourth-order valence-corrected chi connectivity index (χ4v) is 6.93. The van der Waals surface area contributed by atoms with Crippen LogP contribution in [0.4, 0.5) is 0 Å². The van der Waals surface area contributed by atoms with Gasteiger partial charge in [-0.15, -0.1) is 0 Å². The highest BCUT2D eigenvalue weighted by atomic mass is 16.5. The van der Waals surface area contributed by atoms with Crippen LogP contribution >= 0.6 is 0 Å². The molecule has 4 bridgehead atoms. The maximum Gasteiger partial charge on any atom is 0.329 e. The van der Waals surface area contributed by atoms with E-state index in [0.29, 0.717) is 17.8 Å². The van der Waals surface area contributed by atoms with Gasteiger partial charge in [0.15, 0.2) is 5.78 Å². The molecular weight excluding hydrogens is 400 g/mol. The van der Waals surface area contributed by atoms with Crippen LogP contribution in [0.25, 0.3) is 0 Å². The molecule has 1 unspecified atom stereocenters. The van der Waals surface area contributed by atoms with Crippen LogP contribution in [0.5, 0.6) is 0 Å². The zero-order valence-electron chi connectivity index (χ0n) is 18.2. The molecule has 1 amide bonds. The lowest BCUT2D eigenvalue weighted by atomic mass is 9.49. The normalized spacial score (nSPS) is 36.9. The number of Topliss-reactive ketones (excluding diaryl/α,β-unsaturated/α-hetero) is 1. The average molecular weight is 433 g/mol. The van der Waals surface area contributed by atoms with Crippen molar-refractivity contribution in [2.45, 2.75) is 70.9 Å². The van der Waals surface area contributed by atoms with Gasteiger partial charge in [-0.3, -0.25) is 9.59 Å². The standard InChI is InChI=1S/C23H32N2O6/c1-12(24)20(13(2)26)19(28)11-31-21(29)18-6-17(27)10-25(18)22(30)23-7-14-3-15(8-23)5-16(4-14)9-23/h14-18,24,27-28H,3-11H2,1-2H3/b20-19-,24-12?/t14?,15?,16?,17?,18-,23?/m0/s1. The summed E-state index contributed by atoms with van der Waals surface area (Å²) in [6, 6.07) is -0.898. The summed E-state index contributed by atoms with van der Waals surface area (Å²) >= 11 is 0. The van der Waals surface area contributed by atoms with Crippen molar-refractivity contribution < 1.29 is 29.3 Å². The van der Waals surface area contributed by atoms with E-state index in [9.17, 15) is 24.6 Å². The van der Waals surface area contributed by atoms with E-state index in [1.54, 1.807) is 0 Å². The number of ether oxygens (including phenoxy) is 1. The lowest BCUT2D eigenvalue weighted by Crippen LogP contribution is -2.56. The fraction of sp³-hybridized carbons (Fsp3) is 0.739. The number of β-amino-alcohol motifs (C(OH)–C–C–N with tert-alkyl or cyclic N) is 1. The number of ketones is 1. The number of esters is 1. The van der Waals surface area contributed by atoms with Gasteiger partial charge in [0.25, 0.3) is 0 Å². The molecule has 170 valence electrons. The number of nitrogens with zero attached hydrogens (tertiary/aromatic N) is 1. The van der Waals surface area contributed by atoms with E-state index in [1.807, 2.05) is 0 Å². The summed E-state index contributed by atoms with van der Waals surface area (Å²) in [5.41, 5.74) is -0.713. The Morgan fingerprint density at radius 1 is 1.03 bits per heavy atom. The summed E-state index contributed by atoms with van der Waals surface area (Å²) in [6.45, 7) is 2.16. The minimum Gasteiger partial charge on any atom is -0.508 e. The zero-order chi connectivity index (χ0) is 22.5. The van der Waals surface area contributed by atoms with Gasteiger partial charge in [-0.25, -0.2) is 4.79 Å². The quantitative estimate of drug-likeness (QED) is 0.255. The molecule has 1 saturated heterocycles. The number of likely N-dealkylation sites (tertiary alicyclic amines) is 1. The molecule has 3 N–H and O–H groups in total. The smallest absolute Gasteiger partial charge is 0.329 e. The Morgan fingerprint density at radius 2 is 1.58 bits per heavy atom. The molecule has 5 fully saturated rings.